The number of nitrogens with one attached hydrogen (secondary N) is 2. The zero-order valence-corrected chi connectivity index (χ0v) is 26.1. The number of nitrogens with zero attached hydrogens (tertiary/aromatic N) is 2. The van der Waals surface area contributed by atoms with Gasteiger partial charge in [0, 0.05) is 22.3 Å². The average molecular weight is 635 g/mol. The van der Waals surface area contributed by atoms with Gasteiger partial charge in [0.2, 0.25) is 0 Å². The third-order valence-corrected chi connectivity index (χ3v) is 8.53. The minimum Gasteiger partial charge on any atom is -0.497 e. The van der Waals surface area contributed by atoms with Crippen LogP contribution in [0.4, 0.5) is 11.4 Å². The number of carbonyl (C=O) groups excluding carboxylic acids is 2. The van der Waals surface area contributed by atoms with Crippen LogP contribution in [0, 0.1) is 6.92 Å². The molecule has 10 nitrogen and oxygen atoms in total. The molecule has 0 fully saturated rings. The van der Waals surface area contributed by atoms with E-state index in [4.69, 9.17) is 21.1 Å². The molecule has 0 heterocycles. The molecule has 0 radical (unpaired) electrons. The van der Waals surface area contributed by atoms with Gasteiger partial charge in [-0.1, -0.05) is 47.5 Å². The standard InChI is InChI=1S/C32H31ClN4O6S/c1-21-11-14-28(15-12-21)44(40,41)37(29-19-27(42-3)13-16-30(29)43-4)20-31(38)36-35-22(2)23-7-6-10-26(18-23)34-32(39)24-8-5-9-25(33)17-24/h5-19H,20H2,1-4H3,(H,34,39)(H,36,38)/b35-22-. The molecule has 44 heavy (non-hydrogen) atoms. The van der Waals surface area contributed by atoms with Crippen LogP contribution in [0.1, 0.15) is 28.4 Å². The molecule has 12 heteroatoms. The summed E-state index contributed by atoms with van der Waals surface area (Å²) in [5.74, 6) is -0.433. The van der Waals surface area contributed by atoms with Crippen molar-refractivity contribution in [3.63, 3.8) is 0 Å². The predicted octanol–water partition coefficient (Wildman–Crippen LogP) is 5.65. The van der Waals surface area contributed by atoms with Gasteiger partial charge in [-0.25, -0.2) is 13.8 Å². The van der Waals surface area contributed by atoms with E-state index in [1.807, 2.05) is 6.92 Å². The molecule has 2 amide bonds. The summed E-state index contributed by atoms with van der Waals surface area (Å²) >= 11 is 6.00. The van der Waals surface area contributed by atoms with Crippen LogP contribution < -0.4 is 24.5 Å². The maximum Gasteiger partial charge on any atom is 0.264 e. The van der Waals surface area contributed by atoms with Crippen LogP contribution in [0.3, 0.4) is 0 Å². The molecule has 0 saturated heterocycles. The number of ether oxygens (including phenoxy) is 2. The number of hydrogen-bond donors (Lipinski definition) is 2. The third kappa shape index (κ3) is 7.74. The fourth-order valence-electron chi connectivity index (χ4n) is 4.16. The smallest absolute Gasteiger partial charge is 0.264 e. The van der Waals surface area contributed by atoms with E-state index >= 15 is 0 Å². The molecule has 0 aliphatic carbocycles. The van der Waals surface area contributed by atoms with Gasteiger partial charge in [0.1, 0.15) is 18.0 Å². The Morgan fingerprint density at radius 1 is 0.886 bits per heavy atom. The highest BCUT2D eigenvalue weighted by Gasteiger charge is 2.30. The summed E-state index contributed by atoms with van der Waals surface area (Å²) in [5, 5.41) is 7.44. The van der Waals surface area contributed by atoms with Gasteiger partial charge in [-0.15, -0.1) is 0 Å². The molecular weight excluding hydrogens is 604 g/mol. The molecule has 0 bridgehead atoms. The van der Waals surface area contributed by atoms with Crippen molar-refractivity contribution in [2.24, 2.45) is 5.10 Å². The Morgan fingerprint density at radius 3 is 2.27 bits per heavy atom. The van der Waals surface area contributed by atoms with Crippen molar-refractivity contribution >= 4 is 50.5 Å². The van der Waals surface area contributed by atoms with Crippen molar-refractivity contribution in [3.8, 4) is 11.5 Å². The highest BCUT2D eigenvalue weighted by Crippen LogP contribution is 2.35. The summed E-state index contributed by atoms with van der Waals surface area (Å²) in [7, 11) is -1.36. The number of anilines is 2. The number of sulfonamides is 1. The number of aryl methyl sites for hydroxylation is 1. The molecule has 0 aliphatic rings. The SMILES string of the molecule is COc1ccc(OC)c(N(CC(=O)N/N=C(/C)c2cccc(NC(=O)c3cccc(Cl)c3)c2)S(=O)(=O)c2ccc(C)cc2)c1. The van der Waals surface area contributed by atoms with Crippen LogP contribution in [0.15, 0.2) is 101 Å². The molecule has 0 unspecified atom stereocenters. The number of rotatable bonds is 11. The minimum atomic E-state index is -4.22. The number of hydrogen-bond acceptors (Lipinski definition) is 7. The van der Waals surface area contributed by atoms with E-state index in [0.29, 0.717) is 33.3 Å². The van der Waals surface area contributed by atoms with Gasteiger partial charge in [0.25, 0.3) is 21.8 Å². The van der Waals surface area contributed by atoms with Crippen molar-refractivity contribution in [1.29, 1.82) is 0 Å². The number of carbonyl (C=O) groups is 2. The van der Waals surface area contributed by atoms with Gasteiger partial charge in [-0.3, -0.25) is 13.9 Å². The fraction of sp³-hybridized carbons (Fsp3) is 0.156. The molecule has 0 spiro atoms. The largest absolute Gasteiger partial charge is 0.497 e. The maximum absolute atomic E-state index is 13.8. The van der Waals surface area contributed by atoms with E-state index in [0.717, 1.165) is 9.87 Å². The lowest BCUT2D eigenvalue weighted by Gasteiger charge is -2.25. The molecule has 4 aromatic rings. The van der Waals surface area contributed by atoms with Crippen molar-refractivity contribution in [1.82, 2.24) is 5.43 Å². The highest BCUT2D eigenvalue weighted by molar-refractivity contribution is 7.92. The second kappa shape index (κ2) is 14.1. The molecule has 0 aliphatic heterocycles. The van der Waals surface area contributed by atoms with Crippen molar-refractivity contribution < 1.29 is 27.5 Å². The number of amides is 2. The molecule has 0 saturated carbocycles. The minimum absolute atomic E-state index is 0.00269. The Labute approximate surface area is 261 Å². The highest BCUT2D eigenvalue weighted by atomic mass is 35.5. The summed E-state index contributed by atoms with van der Waals surface area (Å²) in [5.41, 5.74) is 5.39. The Morgan fingerprint density at radius 2 is 1.59 bits per heavy atom. The van der Waals surface area contributed by atoms with Gasteiger partial charge in [0.15, 0.2) is 0 Å². The van der Waals surface area contributed by atoms with Crippen LogP contribution in [-0.4, -0.2) is 46.7 Å². The Hall–Kier alpha value is -4.87. The van der Waals surface area contributed by atoms with E-state index in [9.17, 15) is 18.0 Å². The monoisotopic (exact) mass is 634 g/mol. The van der Waals surface area contributed by atoms with Gasteiger partial charge in [-0.05, 0) is 74.0 Å². The molecule has 4 rings (SSSR count). The van der Waals surface area contributed by atoms with E-state index in [1.165, 1.54) is 32.4 Å². The lowest BCUT2D eigenvalue weighted by molar-refractivity contribution is -0.119. The molecule has 2 N–H and O–H groups in total. The Kier molecular flexibility index (Phi) is 10.2. The summed E-state index contributed by atoms with van der Waals surface area (Å²) in [6, 6.07) is 24.4. The van der Waals surface area contributed by atoms with E-state index < -0.39 is 22.5 Å². The second-order valence-electron chi connectivity index (χ2n) is 9.64. The number of hydrazone groups is 1. The van der Waals surface area contributed by atoms with E-state index in [1.54, 1.807) is 79.7 Å². The Balaban J connectivity index is 1.57. The zero-order chi connectivity index (χ0) is 31.9. The summed E-state index contributed by atoms with van der Waals surface area (Å²) in [4.78, 5) is 25.8. The van der Waals surface area contributed by atoms with Crippen molar-refractivity contribution in [3.05, 3.63) is 113 Å². The van der Waals surface area contributed by atoms with E-state index in [2.05, 4.69) is 15.8 Å². The van der Waals surface area contributed by atoms with Crippen LogP contribution >= 0.6 is 11.6 Å². The zero-order valence-electron chi connectivity index (χ0n) is 24.5. The maximum atomic E-state index is 13.8. The second-order valence-corrected chi connectivity index (χ2v) is 11.9. The lowest BCUT2D eigenvalue weighted by atomic mass is 10.1. The normalized spacial score (nSPS) is 11.4. The average Bonchev–Trinajstić information content (AvgIpc) is 3.02. The fourth-order valence-corrected chi connectivity index (χ4v) is 5.77. The first-order valence-electron chi connectivity index (χ1n) is 13.3. The van der Waals surface area contributed by atoms with Crippen LogP contribution in [0.5, 0.6) is 11.5 Å². The first kappa shape index (κ1) is 32.1. The van der Waals surface area contributed by atoms with Gasteiger partial charge < -0.3 is 14.8 Å². The summed E-state index contributed by atoms with van der Waals surface area (Å²) < 4.78 is 39.3. The van der Waals surface area contributed by atoms with Gasteiger partial charge in [0.05, 0.1) is 30.5 Å². The molecular formula is C32H31ClN4O6S. The van der Waals surface area contributed by atoms with Crippen LogP contribution in [0.2, 0.25) is 5.02 Å². The predicted molar refractivity (Wildman–Crippen MR) is 171 cm³/mol. The molecule has 0 aromatic heterocycles. The topological polar surface area (TPSA) is 126 Å². The van der Waals surface area contributed by atoms with E-state index in [-0.39, 0.29) is 22.2 Å². The number of halogens is 1. The molecule has 228 valence electrons. The first-order valence-corrected chi connectivity index (χ1v) is 15.2. The summed E-state index contributed by atoms with van der Waals surface area (Å²) in [6.07, 6.45) is 0. The lowest BCUT2D eigenvalue weighted by Crippen LogP contribution is -2.40. The van der Waals surface area contributed by atoms with Crippen LogP contribution in [-0.2, 0) is 14.8 Å². The summed E-state index contributed by atoms with van der Waals surface area (Å²) in [6.45, 7) is 2.91. The van der Waals surface area contributed by atoms with Gasteiger partial charge in [-0.2, -0.15) is 5.10 Å². The third-order valence-electron chi connectivity index (χ3n) is 6.52. The molecule has 0 atom stereocenters. The first-order chi connectivity index (χ1) is 21.0. The quantitative estimate of drug-likeness (QED) is 0.162. The van der Waals surface area contributed by atoms with Crippen molar-refractivity contribution in [2.75, 3.05) is 30.4 Å². The number of methoxy groups -OCH3 is 2. The van der Waals surface area contributed by atoms with Crippen molar-refractivity contribution in [2.45, 2.75) is 18.7 Å². The van der Waals surface area contributed by atoms with Gasteiger partial charge >= 0.3 is 0 Å². The number of benzene rings is 4. The molecule has 4 aromatic carbocycles. The van der Waals surface area contributed by atoms with Crippen LogP contribution in [0.25, 0.3) is 0 Å². The Bertz CT molecular complexity index is 1810.